The van der Waals surface area contributed by atoms with Crippen LogP contribution in [-0.4, -0.2) is 12.1 Å². The summed E-state index contributed by atoms with van der Waals surface area (Å²) in [5, 5.41) is 12.9. The van der Waals surface area contributed by atoms with E-state index in [9.17, 15) is 4.79 Å². The average molecular weight is 369 g/mol. The van der Waals surface area contributed by atoms with Crippen molar-refractivity contribution in [3.8, 4) is 11.8 Å². The number of carbonyl (C=O) groups is 1. The summed E-state index contributed by atoms with van der Waals surface area (Å²) in [7, 11) is 0. The number of carbonyl (C=O) groups excluding carboxylic acids is 1. The highest BCUT2D eigenvalue weighted by Crippen LogP contribution is 2.15. The molecule has 0 heterocycles. The monoisotopic (exact) mass is 369 g/mol. The van der Waals surface area contributed by atoms with Gasteiger partial charge in [0.2, 0.25) is 0 Å². The molecule has 3 aromatic rings. The van der Waals surface area contributed by atoms with Crippen LogP contribution in [0.4, 0.5) is 0 Å². The Morgan fingerprint density at radius 2 is 1.89 bits per heavy atom. The molecule has 0 fully saturated rings. The van der Waals surface area contributed by atoms with Crippen LogP contribution < -0.4 is 10.2 Å². The molecule has 0 aliphatic rings. The van der Waals surface area contributed by atoms with Gasteiger partial charge in [0.15, 0.2) is 0 Å². The van der Waals surface area contributed by atoms with Crippen molar-refractivity contribution in [3.63, 3.8) is 0 Å². The molecule has 0 aliphatic heterocycles. The fourth-order valence-electron chi connectivity index (χ4n) is 2.58. The van der Waals surface area contributed by atoms with E-state index in [-0.39, 0.29) is 5.91 Å². The third-order valence-corrected chi connectivity index (χ3v) is 4.12. The van der Waals surface area contributed by atoms with Crippen LogP contribution >= 0.6 is 0 Å². The van der Waals surface area contributed by atoms with Crippen LogP contribution in [0.3, 0.4) is 0 Å². The van der Waals surface area contributed by atoms with E-state index < -0.39 is 0 Å². The van der Waals surface area contributed by atoms with Gasteiger partial charge in [-0.25, -0.2) is 5.43 Å². The Morgan fingerprint density at radius 3 is 2.64 bits per heavy atom. The van der Waals surface area contributed by atoms with Gasteiger partial charge in [0, 0.05) is 5.56 Å². The summed E-state index contributed by atoms with van der Waals surface area (Å²) in [4.78, 5) is 12.2. The second-order valence-electron chi connectivity index (χ2n) is 6.18. The molecule has 0 radical (unpaired) electrons. The van der Waals surface area contributed by atoms with Crippen molar-refractivity contribution in [2.45, 2.75) is 13.5 Å². The van der Waals surface area contributed by atoms with Crippen molar-refractivity contribution in [2.24, 2.45) is 5.10 Å². The molecular formula is C23H19N3O2. The van der Waals surface area contributed by atoms with E-state index in [0.717, 1.165) is 16.7 Å². The highest BCUT2D eigenvalue weighted by molar-refractivity contribution is 5.96. The predicted molar refractivity (Wildman–Crippen MR) is 108 cm³/mol. The highest BCUT2D eigenvalue weighted by atomic mass is 16.5. The highest BCUT2D eigenvalue weighted by Gasteiger charge is 2.06. The van der Waals surface area contributed by atoms with Crippen LogP contribution in [0, 0.1) is 18.3 Å². The van der Waals surface area contributed by atoms with Crippen LogP contribution in [0.1, 0.15) is 32.6 Å². The molecule has 0 atom stereocenters. The van der Waals surface area contributed by atoms with E-state index in [1.807, 2.05) is 61.5 Å². The summed E-state index contributed by atoms with van der Waals surface area (Å²) in [6.45, 7) is 2.28. The molecule has 0 aromatic heterocycles. The zero-order valence-electron chi connectivity index (χ0n) is 15.4. The number of hydrogen-bond acceptors (Lipinski definition) is 4. The van der Waals surface area contributed by atoms with Gasteiger partial charge in [-0.1, -0.05) is 42.5 Å². The molecule has 0 saturated heterocycles. The van der Waals surface area contributed by atoms with Gasteiger partial charge in [0.05, 0.1) is 17.8 Å². The maximum absolute atomic E-state index is 12.2. The van der Waals surface area contributed by atoms with Gasteiger partial charge in [-0.3, -0.25) is 4.79 Å². The van der Waals surface area contributed by atoms with Crippen LogP contribution in [-0.2, 0) is 6.61 Å². The summed E-state index contributed by atoms with van der Waals surface area (Å²) < 4.78 is 5.79. The minimum absolute atomic E-state index is 0.248. The molecule has 0 spiro atoms. The molecule has 5 nitrogen and oxygen atoms in total. The van der Waals surface area contributed by atoms with E-state index in [4.69, 9.17) is 10.00 Å². The van der Waals surface area contributed by atoms with Crippen molar-refractivity contribution >= 4 is 12.1 Å². The van der Waals surface area contributed by atoms with E-state index in [1.165, 1.54) is 0 Å². The van der Waals surface area contributed by atoms with Crippen molar-refractivity contribution < 1.29 is 9.53 Å². The van der Waals surface area contributed by atoms with E-state index in [0.29, 0.717) is 23.5 Å². The molecule has 0 aliphatic carbocycles. The number of nitrogens with zero attached hydrogens (tertiary/aromatic N) is 2. The largest absolute Gasteiger partial charge is 0.489 e. The molecule has 28 heavy (non-hydrogen) atoms. The van der Waals surface area contributed by atoms with Gasteiger partial charge in [-0.15, -0.1) is 0 Å². The first kappa shape index (κ1) is 18.9. The molecule has 0 unspecified atom stereocenters. The number of hydrazone groups is 1. The van der Waals surface area contributed by atoms with Gasteiger partial charge < -0.3 is 4.74 Å². The van der Waals surface area contributed by atoms with Crippen LogP contribution in [0.2, 0.25) is 0 Å². The van der Waals surface area contributed by atoms with Gasteiger partial charge >= 0.3 is 0 Å². The number of rotatable bonds is 6. The van der Waals surface area contributed by atoms with Crippen molar-refractivity contribution in [2.75, 3.05) is 0 Å². The molecule has 0 saturated carbocycles. The van der Waals surface area contributed by atoms with Crippen molar-refractivity contribution in [1.29, 1.82) is 5.26 Å². The van der Waals surface area contributed by atoms with Gasteiger partial charge in [-0.2, -0.15) is 10.4 Å². The number of ether oxygens (including phenoxy) is 1. The van der Waals surface area contributed by atoms with E-state index in [2.05, 4.69) is 16.6 Å². The minimum atomic E-state index is -0.248. The number of aryl methyl sites for hydroxylation is 1. The molecule has 3 rings (SSSR count). The molecule has 138 valence electrons. The third kappa shape index (κ3) is 5.05. The predicted octanol–water partition coefficient (Wildman–Crippen LogP) is 4.21. The number of hydrogen-bond donors (Lipinski definition) is 1. The summed E-state index contributed by atoms with van der Waals surface area (Å²) in [5.74, 6) is 0.445. The Morgan fingerprint density at radius 1 is 1.11 bits per heavy atom. The quantitative estimate of drug-likeness (QED) is 0.522. The molecule has 5 heteroatoms. The standard InChI is InChI=1S/C23H19N3O2/c1-17-5-2-3-8-22(17)23(27)26-25-15-20-6-4-7-21(13-20)28-16-19-11-9-18(14-24)10-12-19/h2-13,15H,16H2,1H3,(H,26,27)/b25-15-. The van der Waals surface area contributed by atoms with Crippen molar-refractivity contribution in [1.82, 2.24) is 5.43 Å². The smallest absolute Gasteiger partial charge is 0.271 e. The number of benzene rings is 3. The van der Waals surface area contributed by atoms with Gasteiger partial charge in [-0.05, 0) is 53.9 Å². The Labute approximate surface area is 163 Å². The fourth-order valence-corrected chi connectivity index (χ4v) is 2.58. The van der Waals surface area contributed by atoms with Crippen LogP contribution in [0.5, 0.6) is 5.75 Å². The lowest BCUT2D eigenvalue weighted by molar-refractivity contribution is 0.0954. The maximum Gasteiger partial charge on any atom is 0.271 e. The van der Waals surface area contributed by atoms with E-state index >= 15 is 0 Å². The van der Waals surface area contributed by atoms with E-state index in [1.54, 1.807) is 24.4 Å². The second kappa shape index (κ2) is 9.15. The Balaban J connectivity index is 1.58. The first-order chi connectivity index (χ1) is 13.7. The first-order valence-corrected chi connectivity index (χ1v) is 8.76. The van der Waals surface area contributed by atoms with Crippen molar-refractivity contribution in [3.05, 3.63) is 101 Å². The lowest BCUT2D eigenvalue weighted by Crippen LogP contribution is -2.18. The van der Waals surface area contributed by atoms with Gasteiger partial charge in [0.25, 0.3) is 5.91 Å². The topological polar surface area (TPSA) is 74.5 Å². The lowest BCUT2D eigenvalue weighted by Gasteiger charge is -2.07. The number of nitriles is 1. The average Bonchev–Trinajstić information content (AvgIpc) is 2.73. The summed E-state index contributed by atoms with van der Waals surface area (Å²) >= 11 is 0. The van der Waals surface area contributed by atoms with Crippen LogP contribution in [0.25, 0.3) is 0 Å². The first-order valence-electron chi connectivity index (χ1n) is 8.76. The molecule has 1 N–H and O–H groups in total. The second-order valence-corrected chi connectivity index (χ2v) is 6.18. The summed E-state index contributed by atoms with van der Waals surface area (Å²) in [6.07, 6.45) is 1.57. The number of nitrogens with one attached hydrogen (secondary N) is 1. The Bertz CT molecular complexity index is 1030. The number of amides is 1. The Kier molecular flexibility index (Phi) is 6.17. The third-order valence-electron chi connectivity index (χ3n) is 4.12. The summed E-state index contributed by atoms with van der Waals surface area (Å²) in [6, 6.07) is 24.1. The summed E-state index contributed by atoms with van der Waals surface area (Å²) in [5.41, 5.74) is 6.44. The SMILES string of the molecule is Cc1ccccc1C(=O)N/N=C\c1cccc(OCc2ccc(C#N)cc2)c1. The van der Waals surface area contributed by atoms with Crippen LogP contribution in [0.15, 0.2) is 77.9 Å². The minimum Gasteiger partial charge on any atom is -0.489 e. The molecular weight excluding hydrogens is 350 g/mol. The molecule has 3 aromatic carbocycles. The van der Waals surface area contributed by atoms with Gasteiger partial charge in [0.1, 0.15) is 12.4 Å². The molecule has 0 bridgehead atoms. The zero-order chi connectivity index (χ0) is 19.8. The lowest BCUT2D eigenvalue weighted by atomic mass is 10.1. The molecule has 1 amide bonds. The maximum atomic E-state index is 12.2. The Hall–Kier alpha value is -3.91. The normalized spacial score (nSPS) is 10.4. The zero-order valence-corrected chi connectivity index (χ0v) is 15.4. The fraction of sp³-hybridized carbons (Fsp3) is 0.0870.